The molecule has 68 valence electrons. The third-order valence-electron chi connectivity index (χ3n) is 0.954. The van der Waals surface area contributed by atoms with Crippen molar-refractivity contribution in [2.45, 2.75) is 12.2 Å². The van der Waals surface area contributed by atoms with Crippen molar-refractivity contribution in [3.05, 3.63) is 0 Å². The van der Waals surface area contributed by atoms with E-state index in [1.807, 2.05) is 0 Å². The zero-order valence-electron chi connectivity index (χ0n) is 5.63. The topological polar surface area (TPSA) is 91.7 Å². The fourth-order valence-electron chi connectivity index (χ4n) is 0.383. The Morgan fingerprint density at radius 2 is 1.73 bits per heavy atom. The third-order valence-corrected chi connectivity index (χ3v) is 3.68. The molecule has 2 unspecified atom stereocenters. The van der Waals surface area contributed by atoms with Crippen molar-refractivity contribution in [2.24, 2.45) is 0 Å². The van der Waals surface area contributed by atoms with Crippen LogP contribution in [-0.2, 0) is 30.1 Å². The van der Waals surface area contributed by atoms with Crippen LogP contribution in [0.25, 0.3) is 0 Å². The molecular weight excluding hydrogens is 212 g/mol. The lowest BCUT2D eigenvalue weighted by atomic mass is 10.6. The van der Waals surface area contributed by atoms with Crippen molar-refractivity contribution in [3.8, 4) is 0 Å². The molecule has 0 bridgehead atoms. The predicted molar refractivity (Wildman–Crippen MR) is 44.0 cm³/mol. The lowest BCUT2D eigenvalue weighted by molar-refractivity contribution is 0.472. The summed E-state index contributed by atoms with van der Waals surface area (Å²) in [6.07, 6.45) is 0. The first kappa shape index (κ1) is 11.2. The maximum Gasteiger partial charge on any atom is 0.268 e. The first-order valence-electron chi connectivity index (χ1n) is 2.54. The highest BCUT2D eigenvalue weighted by molar-refractivity contribution is 8.29. The minimum Gasteiger partial charge on any atom is -0.306 e. The van der Waals surface area contributed by atoms with Crippen molar-refractivity contribution >= 4 is 30.1 Å². The van der Waals surface area contributed by atoms with Crippen LogP contribution >= 0.6 is 0 Å². The molecule has 0 heterocycles. The first-order valence-corrected chi connectivity index (χ1v) is 6.65. The molecule has 8 heteroatoms. The monoisotopic (exact) mass is 220 g/mol. The number of rotatable bonds is 3. The van der Waals surface area contributed by atoms with Crippen LogP contribution in [0.4, 0.5) is 0 Å². The van der Waals surface area contributed by atoms with E-state index in [9.17, 15) is 12.6 Å². The van der Waals surface area contributed by atoms with E-state index < -0.39 is 29.9 Å². The normalized spacial score (nSPS) is 20.6. The van der Waals surface area contributed by atoms with E-state index in [-0.39, 0.29) is 0 Å². The largest absolute Gasteiger partial charge is 0.306 e. The Labute approximate surface area is 70.1 Å². The van der Waals surface area contributed by atoms with Gasteiger partial charge in [-0.2, -0.15) is 8.42 Å². The SMILES string of the molecule is CC(CS(=O)(O)=S)S(=O)(=O)O. The Morgan fingerprint density at radius 1 is 1.36 bits per heavy atom. The van der Waals surface area contributed by atoms with E-state index in [0.717, 1.165) is 6.92 Å². The van der Waals surface area contributed by atoms with Crippen LogP contribution in [0, 0.1) is 0 Å². The highest BCUT2D eigenvalue weighted by Gasteiger charge is 2.21. The fourth-order valence-corrected chi connectivity index (χ4v) is 3.09. The zero-order chi connectivity index (χ0) is 9.28. The molecule has 2 N–H and O–H groups in total. The van der Waals surface area contributed by atoms with Gasteiger partial charge >= 0.3 is 0 Å². The second kappa shape index (κ2) is 3.31. The Hall–Kier alpha value is 0.240. The Bertz CT molecular complexity index is 311. The van der Waals surface area contributed by atoms with Crippen molar-refractivity contribution in [2.75, 3.05) is 5.75 Å². The highest BCUT2D eigenvalue weighted by Crippen LogP contribution is 2.00. The summed E-state index contributed by atoms with van der Waals surface area (Å²) in [5.74, 6) is -0.624. The average molecular weight is 220 g/mol. The molecule has 0 spiro atoms. The minimum atomic E-state index is -4.24. The molecule has 0 fully saturated rings. The molecule has 0 saturated carbocycles. The van der Waals surface area contributed by atoms with Gasteiger partial charge in [0, 0.05) is 11.2 Å². The van der Waals surface area contributed by atoms with Gasteiger partial charge in [0.15, 0.2) is 0 Å². The summed E-state index contributed by atoms with van der Waals surface area (Å²) >= 11 is 4.04. The molecule has 0 radical (unpaired) electrons. The van der Waals surface area contributed by atoms with E-state index in [1.54, 1.807) is 0 Å². The molecule has 0 aliphatic rings. The van der Waals surface area contributed by atoms with Gasteiger partial charge in [-0.05, 0) is 6.92 Å². The summed E-state index contributed by atoms with van der Waals surface area (Å²) in [7, 11) is -7.75. The molecule has 0 aromatic heterocycles. The second-order valence-corrected chi connectivity index (χ2v) is 6.97. The van der Waals surface area contributed by atoms with Gasteiger partial charge in [0.2, 0.25) is 0 Å². The van der Waals surface area contributed by atoms with Crippen LogP contribution in [0.5, 0.6) is 0 Å². The maximum absolute atomic E-state index is 10.4. The molecule has 2 atom stereocenters. The van der Waals surface area contributed by atoms with Crippen LogP contribution in [-0.4, -0.2) is 32.7 Å². The van der Waals surface area contributed by atoms with Gasteiger partial charge in [0.1, 0.15) is 8.77 Å². The van der Waals surface area contributed by atoms with E-state index in [0.29, 0.717) is 0 Å². The highest BCUT2D eigenvalue weighted by atomic mass is 32.8. The fraction of sp³-hybridized carbons (Fsp3) is 1.00. The molecule has 5 nitrogen and oxygen atoms in total. The molecule has 0 aliphatic heterocycles. The van der Waals surface area contributed by atoms with E-state index in [4.69, 9.17) is 9.11 Å². The van der Waals surface area contributed by atoms with Crippen molar-refractivity contribution in [3.63, 3.8) is 0 Å². The quantitative estimate of drug-likeness (QED) is 0.622. The van der Waals surface area contributed by atoms with Gasteiger partial charge in [-0.3, -0.25) is 4.55 Å². The first-order chi connectivity index (χ1) is 4.63. The van der Waals surface area contributed by atoms with Gasteiger partial charge in [-0.25, -0.2) is 4.21 Å². The van der Waals surface area contributed by atoms with Crippen LogP contribution in [0.15, 0.2) is 0 Å². The Balaban J connectivity index is 4.47. The lowest BCUT2D eigenvalue weighted by Crippen LogP contribution is -2.25. The van der Waals surface area contributed by atoms with Crippen molar-refractivity contribution in [1.29, 1.82) is 0 Å². The van der Waals surface area contributed by atoms with E-state index in [1.165, 1.54) is 0 Å². The smallest absolute Gasteiger partial charge is 0.268 e. The summed E-state index contributed by atoms with van der Waals surface area (Å²) in [5.41, 5.74) is 0. The summed E-state index contributed by atoms with van der Waals surface area (Å²) in [5, 5.41) is -1.29. The third kappa shape index (κ3) is 5.50. The van der Waals surface area contributed by atoms with Gasteiger partial charge in [0.25, 0.3) is 10.1 Å². The molecule has 0 aromatic carbocycles. The van der Waals surface area contributed by atoms with Gasteiger partial charge in [-0.1, -0.05) is 0 Å². The Kier molecular flexibility index (Phi) is 3.39. The standard InChI is InChI=1S/C3H8O5S3/c1-3(11(6,7)8)2-10(4,5)9/h3H,2H2,1H3,(H,4,5,9)(H,6,7,8). The van der Waals surface area contributed by atoms with Gasteiger partial charge in [-0.15, -0.1) is 0 Å². The molecule has 0 amide bonds. The summed E-state index contributed by atoms with van der Waals surface area (Å²) in [4.78, 5) is 0. The predicted octanol–water partition coefficient (Wildman–Crippen LogP) is -0.518. The lowest BCUT2D eigenvalue weighted by Gasteiger charge is -2.05. The summed E-state index contributed by atoms with van der Waals surface area (Å²) in [6.45, 7) is 1.11. The van der Waals surface area contributed by atoms with Crippen molar-refractivity contribution < 1.29 is 21.7 Å². The molecular formula is C3H8O5S3. The zero-order valence-corrected chi connectivity index (χ0v) is 8.08. The second-order valence-electron chi connectivity index (χ2n) is 2.07. The molecule has 0 saturated heterocycles. The minimum absolute atomic E-state index is 0.624. The van der Waals surface area contributed by atoms with Crippen LogP contribution < -0.4 is 0 Å². The van der Waals surface area contributed by atoms with E-state index in [2.05, 4.69) is 11.2 Å². The Morgan fingerprint density at radius 3 is 1.82 bits per heavy atom. The van der Waals surface area contributed by atoms with Crippen LogP contribution in [0.2, 0.25) is 0 Å². The van der Waals surface area contributed by atoms with Crippen LogP contribution in [0.3, 0.4) is 0 Å². The maximum atomic E-state index is 10.4. The summed E-state index contributed by atoms with van der Waals surface area (Å²) < 4.78 is 47.9. The number of hydrogen-bond donors (Lipinski definition) is 2. The molecule has 0 rings (SSSR count). The van der Waals surface area contributed by atoms with Gasteiger partial charge in [0.05, 0.1) is 11.0 Å². The van der Waals surface area contributed by atoms with E-state index >= 15 is 0 Å². The van der Waals surface area contributed by atoms with Gasteiger partial charge < -0.3 is 4.55 Å². The number of hydrogen-bond acceptors (Lipinski definition) is 4. The summed E-state index contributed by atoms with van der Waals surface area (Å²) in [6, 6.07) is 0. The van der Waals surface area contributed by atoms with Crippen LogP contribution in [0.1, 0.15) is 6.92 Å². The molecule has 0 aromatic rings. The average Bonchev–Trinajstić information content (AvgIpc) is 1.56. The molecule has 11 heavy (non-hydrogen) atoms. The van der Waals surface area contributed by atoms with Crippen molar-refractivity contribution in [1.82, 2.24) is 0 Å². The molecule has 0 aliphatic carbocycles.